The lowest BCUT2D eigenvalue weighted by Crippen LogP contribution is -2.62. The van der Waals surface area contributed by atoms with Gasteiger partial charge in [0.15, 0.2) is 0 Å². The molecule has 0 spiro atoms. The number of fused-ring (bicyclic) bond motifs is 5. The molecule has 1 fully saturated rings. The number of rotatable bonds is 7. The van der Waals surface area contributed by atoms with Crippen LogP contribution >= 0.6 is 11.8 Å². The number of thioether (sulfide) groups is 1. The van der Waals surface area contributed by atoms with Gasteiger partial charge in [-0.2, -0.15) is 0 Å². The summed E-state index contributed by atoms with van der Waals surface area (Å²) in [6.45, 7) is 1.91. The highest BCUT2D eigenvalue weighted by atomic mass is 32.2. The number of nitrogens with one attached hydrogen (secondary N) is 7. The van der Waals surface area contributed by atoms with Gasteiger partial charge in [0.1, 0.15) is 36.3 Å². The lowest BCUT2D eigenvalue weighted by atomic mass is 9.94. The van der Waals surface area contributed by atoms with Gasteiger partial charge in [-0.15, -0.1) is 11.8 Å². The van der Waals surface area contributed by atoms with Crippen LogP contribution in [-0.4, -0.2) is 158 Å². The van der Waals surface area contributed by atoms with Gasteiger partial charge in [0.25, 0.3) is 0 Å². The maximum absolute atomic E-state index is 14.3. The van der Waals surface area contributed by atoms with Crippen molar-refractivity contribution >= 4 is 75.7 Å². The monoisotopic (exact) mass is 886 g/mol. The molecule has 22 nitrogen and oxygen atoms in total. The smallest absolute Gasteiger partial charge is 0.246 e. The number of aliphatic hydroxyl groups excluding tert-OH is 3. The number of aliphatic hydroxyl groups is 3. The second kappa shape index (κ2) is 20.9. The normalized spacial score (nSPS) is 27.8. The van der Waals surface area contributed by atoms with Crippen LogP contribution in [0.1, 0.15) is 40.0 Å². The predicted molar refractivity (Wildman–Crippen MR) is 220 cm³/mol. The van der Waals surface area contributed by atoms with E-state index in [1.54, 1.807) is 48.9 Å². The van der Waals surface area contributed by atoms with Gasteiger partial charge in [0.2, 0.25) is 53.2 Å². The Balaban J connectivity index is 1.69. The van der Waals surface area contributed by atoms with E-state index in [0.29, 0.717) is 22.2 Å². The topological polar surface area (TPSA) is 333 Å². The molecule has 3 aliphatic rings. The Labute approximate surface area is 360 Å². The first-order valence-electron chi connectivity index (χ1n) is 20.2. The summed E-state index contributed by atoms with van der Waals surface area (Å²) in [5.74, 6) is -10.1. The maximum Gasteiger partial charge on any atom is 0.246 e. The Kier molecular flexibility index (Phi) is 15.9. The van der Waals surface area contributed by atoms with Gasteiger partial charge in [-0.3, -0.25) is 43.2 Å². The molecular formula is C39H54N10O12S. The van der Waals surface area contributed by atoms with Crippen LogP contribution in [0.3, 0.4) is 0 Å². The van der Waals surface area contributed by atoms with Crippen molar-refractivity contribution in [1.29, 1.82) is 0 Å². The highest BCUT2D eigenvalue weighted by Gasteiger charge is 2.44. The van der Waals surface area contributed by atoms with E-state index < -0.39 is 146 Å². The minimum absolute atomic E-state index is 0.232. The molecule has 62 heavy (non-hydrogen) atoms. The summed E-state index contributed by atoms with van der Waals surface area (Å²) in [4.78, 5) is 124. The number of hydrogen-bond acceptors (Lipinski definition) is 13. The van der Waals surface area contributed by atoms with E-state index in [4.69, 9.17) is 5.73 Å². The van der Waals surface area contributed by atoms with Crippen molar-refractivity contribution in [3.8, 4) is 0 Å². The van der Waals surface area contributed by atoms with Crippen molar-refractivity contribution in [2.75, 3.05) is 32.0 Å². The van der Waals surface area contributed by atoms with Crippen LogP contribution in [0.2, 0.25) is 0 Å². The quantitative estimate of drug-likeness (QED) is 0.125. The molecule has 338 valence electrons. The Morgan fingerprint density at radius 1 is 0.839 bits per heavy atom. The van der Waals surface area contributed by atoms with Crippen molar-refractivity contribution < 1.29 is 58.5 Å². The van der Waals surface area contributed by atoms with Gasteiger partial charge in [-0.05, 0) is 5.92 Å². The van der Waals surface area contributed by atoms with E-state index in [1.807, 2.05) is 0 Å². The van der Waals surface area contributed by atoms with Crippen LogP contribution in [0.4, 0.5) is 0 Å². The molecule has 1 saturated heterocycles. The number of carbonyl (C=O) groups is 9. The SMILES string of the molecule is CC[C@H](C)[C@@H]1NC(=O)CNC(=O)[C@@H]2CSc3c4ccccc4cn3C[C@H](NC(=O)CNC1=O)C(=O)N[C@@H](CC(N)=O)C(=O)N1C[C@H](O)C[C@H]1C(=O)N[C@@H]([C@@H](C)[C@@H](O)CO)C(=O)N2. The molecular weight excluding hydrogens is 833 g/mol. The second-order valence-corrected chi connectivity index (χ2v) is 16.8. The van der Waals surface area contributed by atoms with Crippen molar-refractivity contribution in [1.82, 2.24) is 46.7 Å². The van der Waals surface area contributed by atoms with Gasteiger partial charge in [0.05, 0.1) is 49.9 Å². The second-order valence-electron chi connectivity index (χ2n) is 15.8. The number of nitrogens with two attached hydrogens (primary N) is 1. The summed E-state index contributed by atoms with van der Waals surface area (Å²) < 4.78 is 1.61. The van der Waals surface area contributed by atoms with Crippen LogP contribution in [0.15, 0.2) is 35.5 Å². The molecule has 3 aliphatic heterocycles. The van der Waals surface area contributed by atoms with E-state index in [2.05, 4.69) is 37.2 Å². The fraction of sp³-hybridized carbons (Fsp3) is 0.564. The molecule has 10 atom stereocenters. The van der Waals surface area contributed by atoms with Crippen LogP contribution in [-0.2, 0) is 49.7 Å². The first-order valence-corrected chi connectivity index (χ1v) is 21.2. The zero-order valence-corrected chi connectivity index (χ0v) is 35.2. The van der Waals surface area contributed by atoms with E-state index in [-0.39, 0.29) is 18.7 Å². The molecule has 12 N–H and O–H groups in total. The number of hydrogen-bond donors (Lipinski definition) is 11. The average Bonchev–Trinajstić information content (AvgIpc) is 3.81. The fourth-order valence-corrected chi connectivity index (χ4v) is 8.67. The summed E-state index contributed by atoms with van der Waals surface area (Å²) in [7, 11) is 0. The molecule has 9 amide bonds. The van der Waals surface area contributed by atoms with Gasteiger partial charge >= 0.3 is 0 Å². The summed E-state index contributed by atoms with van der Waals surface area (Å²) in [5, 5.41) is 50.7. The van der Waals surface area contributed by atoms with Gasteiger partial charge in [-0.1, -0.05) is 51.5 Å². The zero-order valence-electron chi connectivity index (χ0n) is 34.4. The van der Waals surface area contributed by atoms with Crippen LogP contribution in [0.5, 0.6) is 0 Å². The molecule has 0 unspecified atom stereocenters. The van der Waals surface area contributed by atoms with Crippen molar-refractivity contribution in [3.63, 3.8) is 0 Å². The first-order chi connectivity index (χ1) is 29.4. The number of amides is 9. The predicted octanol–water partition coefficient (Wildman–Crippen LogP) is -4.71. The van der Waals surface area contributed by atoms with E-state index in [0.717, 1.165) is 16.7 Å². The Hall–Kier alpha value is -5.78. The number of carbonyl (C=O) groups excluding carboxylic acids is 9. The molecule has 0 aliphatic carbocycles. The van der Waals surface area contributed by atoms with Crippen LogP contribution < -0.4 is 43.0 Å². The maximum atomic E-state index is 14.3. The lowest BCUT2D eigenvalue weighted by Gasteiger charge is -2.33. The minimum Gasteiger partial charge on any atom is -0.394 e. The lowest BCUT2D eigenvalue weighted by molar-refractivity contribution is -0.144. The highest BCUT2D eigenvalue weighted by Crippen LogP contribution is 2.31. The molecule has 0 saturated carbocycles. The molecule has 5 rings (SSSR count). The van der Waals surface area contributed by atoms with Crippen LogP contribution in [0, 0.1) is 11.8 Å². The first kappa shape index (κ1) is 47.3. The largest absolute Gasteiger partial charge is 0.394 e. The van der Waals surface area contributed by atoms with Gasteiger partial charge in [-0.25, -0.2) is 0 Å². The summed E-state index contributed by atoms with van der Waals surface area (Å²) in [6.07, 6.45) is -1.90. The highest BCUT2D eigenvalue weighted by molar-refractivity contribution is 7.99. The number of aromatic nitrogens is 1. The average molecular weight is 887 g/mol. The van der Waals surface area contributed by atoms with E-state index >= 15 is 0 Å². The van der Waals surface area contributed by atoms with Crippen molar-refractivity contribution in [3.05, 3.63) is 30.5 Å². The van der Waals surface area contributed by atoms with E-state index in [9.17, 15) is 58.5 Å². The minimum atomic E-state index is -1.73. The third kappa shape index (κ3) is 11.4. The van der Waals surface area contributed by atoms with Crippen molar-refractivity contribution in [2.24, 2.45) is 17.6 Å². The fourth-order valence-electron chi connectivity index (χ4n) is 7.47. The Morgan fingerprint density at radius 3 is 2.19 bits per heavy atom. The third-order valence-corrected chi connectivity index (χ3v) is 12.5. The summed E-state index contributed by atoms with van der Waals surface area (Å²) in [5.41, 5.74) is 5.52. The Bertz CT molecular complexity index is 2070. The number of primary amides is 1. The molecule has 2 bridgehead atoms. The third-order valence-electron chi connectivity index (χ3n) is 11.2. The Morgan fingerprint density at radius 2 is 1.52 bits per heavy atom. The molecule has 1 aromatic carbocycles. The molecule has 1 aromatic heterocycles. The molecule has 0 radical (unpaired) electrons. The molecule has 2 aromatic rings. The van der Waals surface area contributed by atoms with Gasteiger partial charge < -0.3 is 67.7 Å². The van der Waals surface area contributed by atoms with Crippen LogP contribution in [0.25, 0.3) is 10.8 Å². The molecule has 23 heteroatoms. The zero-order chi connectivity index (χ0) is 45.4. The molecule has 4 heterocycles. The number of nitrogens with zero attached hydrogens (tertiary/aromatic N) is 2. The number of benzene rings is 1. The van der Waals surface area contributed by atoms with E-state index in [1.165, 1.54) is 6.92 Å². The summed E-state index contributed by atoms with van der Waals surface area (Å²) in [6, 6.07) is -2.02. The van der Waals surface area contributed by atoms with Gasteiger partial charge in [0, 0.05) is 41.6 Å². The van der Waals surface area contributed by atoms with Crippen molar-refractivity contribution in [2.45, 2.75) is 100 Å². The summed E-state index contributed by atoms with van der Waals surface area (Å²) >= 11 is 1.06. The standard InChI is InChI=1S/C39H54N10O12S/c1-4-18(2)31-36(59)42-11-29(54)43-24-15-48-13-20-7-5-6-8-22(20)39(48)62-17-25(33(56)41-12-30(55)46-31)45-37(60)32(19(3)27(52)16-50)47-35(58)26-9-21(51)14-49(26)38(61)23(10-28(40)53)44-34(24)57/h5-8,13,18-19,21,23-27,31-32,50-52H,4,9-12,14-17H2,1-3H3,(H2,40,53)(H,41,56)(H,42,59)(H,43,54)(H,44,57)(H,45,60)(H,46,55)(H,47,58)/t18-,19-,21+,23-,24-,25-,26-,27-,31-,32-/m0/s1.